The summed E-state index contributed by atoms with van der Waals surface area (Å²) in [6.45, 7) is 2.39. The normalized spacial score (nSPS) is 12.8. The molecule has 0 unspecified atom stereocenters. The van der Waals surface area contributed by atoms with Crippen molar-refractivity contribution in [1.29, 1.82) is 0 Å². The summed E-state index contributed by atoms with van der Waals surface area (Å²) in [7, 11) is 0. The van der Waals surface area contributed by atoms with Crippen LogP contribution in [-0.4, -0.2) is 18.5 Å². The predicted octanol–water partition coefficient (Wildman–Crippen LogP) is 4.99. The number of nitrogens with two attached hydrogens (primary N) is 1. The fourth-order valence-corrected chi connectivity index (χ4v) is 3.14. The van der Waals surface area contributed by atoms with E-state index in [2.05, 4.69) is 5.32 Å². The lowest BCUT2D eigenvalue weighted by Gasteiger charge is -2.14. The van der Waals surface area contributed by atoms with Crippen LogP contribution in [0.1, 0.15) is 29.3 Å². The second-order valence-corrected chi connectivity index (χ2v) is 6.77. The molecule has 0 saturated carbocycles. The van der Waals surface area contributed by atoms with Gasteiger partial charge in [0.1, 0.15) is 0 Å². The minimum atomic E-state index is -4.36. The van der Waals surface area contributed by atoms with Crippen LogP contribution in [0.25, 0.3) is 21.9 Å². The average molecular weight is 386 g/mol. The zero-order valence-electron chi connectivity index (χ0n) is 15.4. The topological polar surface area (TPSA) is 55.1 Å². The SMILES string of the molecule is C[C@H](CCN)NC(=O)c1ccc2c(-c3ccc(C(F)(F)F)cc3)cccc2c1. The summed E-state index contributed by atoms with van der Waals surface area (Å²) < 4.78 is 38.4. The monoisotopic (exact) mass is 386 g/mol. The van der Waals surface area contributed by atoms with Crippen LogP contribution in [0.15, 0.2) is 60.7 Å². The van der Waals surface area contributed by atoms with Gasteiger partial charge in [-0.05, 0) is 66.1 Å². The number of carbonyl (C=O) groups excluding carboxylic acids is 1. The highest BCUT2D eigenvalue weighted by atomic mass is 19.4. The molecule has 3 rings (SSSR count). The molecule has 0 aliphatic heterocycles. The van der Waals surface area contributed by atoms with Crippen molar-refractivity contribution in [2.45, 2.75) is 25.6 Å². The van der Waals surface area contributed by atoms with E-state index in [1.165, 1.54) is 12.1 Å². The third-order valence-corrected chi connectivity index (χ3v) is 4.64. The van der Waals surface area contributed by atoms with Crippen LogP contribution in [0, 0.1) is 0 Å². The van der Waals surface area contributed by atoms with E-state index in [1.54, 1.807) is 12.1 Å². The molecular formula is C22H21F3N2O. The lowest BCUT2D eigenvalue weighted by Crippen LogP contribution is -2.34. The average Bonchev–Trinajstić information content (AvgIpc) is 2.66. The van der Waals surface area contributed by atoms with Gasteiger partial charge in [-0.3, -0.25) is 4.79 Å². The number of carbonyl (C=O) groups is 1. The van der Waals surface area contributed by atoms with Crippen molar-refractivity contribution < 1.29 is 18.0 Å². The van der Waals surface area contributed by atoms with Gasteiger partial charge in [0.25, 0.3) is 5.91 Å². The highest BCUT2D eigenvalue weighted by molar-refractivity contribution is 6.02. The van der Waals surface area contributed by atoms with Gasteiger partial charge in [-0.25, -0.2) is 0 Å². The van der Waals surface area contributed by atoms with Crippen molar-refractivity contribution in [3.63, 3.8) is 0 Å². The number of nitrogens with one attached hydrogen (secondary N) is 1. The molecule has 0 saturated heterocycles. The summed E-state index contributed by atoms with van der Waals surface area (Å²) in [5.41, 5.74) is 6.86. The molecule has 0 aliphatic rings. The Labute approximate surface area is 161 Å². The van der Waals surface area contributed by atoms with Crippen molar-refractivity contribution in [1.82, 2.24) is 5.32 Å². The summed E-state index contributed by atoms with van der Waals surface area (Å²) in [6.07, 6.45) is -3.67. The molecule has 3 N–H and O–H groups in total. The molecule has 146 valence electrons. The third-order valence-electron chi connectivity index (χ3n) is 4.64. The maximum atomic E-state index is 12.8. The van der Waals surface area contributed by atoms with Crippen LogP contribution >= 0.6 is 0 Å². The quantitative estimate of drug-likeness (QED) is 0.649. The van der Waals surface area contributed by atoms with Crippen molar-refractivity contribution in [2.24, 2.45) is 5.73 Å². The minimum Gasteiger partial charge on any atom is -0.350 e. The zero-order valence-corrected chi connectivity index (χ0v) is 15.4. The Morgan fingerprint density at radius 2 is 1.79 bits per heavy atom. The second kappa shape index (κ2) is 8.02. The van der Waals surface area contributed by atoms with E-state index in [0.29, 0.717) is 24.1 Å². The first-order valence-electron chi connectivity index (χ1n) is 9.01. The number of hydrogen-bond donors (Lipinski definition) is 2. The first-order valence-corrected chi connectivity index (χ1v) is 9.01. The number of hydrogen-bond acceptors (Lipinski definition) is 2. The molecule has 28 heavy (non-hydrogen) atoms. The highest BCUT2D eigenvalue weighted by Crippen LogP contribution is 2.33. The molecule has 3 aromatic carbocycles. The molecular weight excluding hydrogens is 365 g/mol. The van der Waals surface area contributed by atoms with Crippen molar-refractivity contribution in [2.75, 3.05) is 6.54 Å². The molecule has 6 heteroatoms. The molecule has 3 nitrogen and oxygen atoms in total. The number of alkyl halides is 3. The van der Waals surface area contributed by atoms with E-state index in [4.69, 9.17) is 5.73 Å². The van der Waals surface area contributed by atoms with Gasteiger partial charge >= 0.3 is 6.18 Å². The van der Waals surface area contributed by atoms with E-state index in [1.807, 2.05) is 31.2 Å². The number of amides is 1. The largest absolute Gasteiger partial charge is 0.416 e. The van der Waals surface area contributed by atoms with Crippen LogP contribution in [-0.2, 0) is 6.18 Å². The number of halogens is 3. The smallest absolute Gasteiger partial charge is 0.350 e. The van der Waals surface area contributed by atoms with Crippen LogP contribution in [0.5, 0.6) is 0 Å². The Hall–Kier alpha value is -2.86. The van der Waals surface area contributed by atoms with Crippen LogP contribution < -0.4 is 11.1 Å². The van der Waals surface area contributed by atoms with Gasteiger partial charge in [-0.1, -0.05) is 36.4 Å². The number of benzene rings is 3. The minimum absolute atomic E-state index is 0.0216. The molecule has 0 spiro atoms. The molecule has 1 atom stereocenters. The van der Waals surface area contributed by atoms with Crippen molar-refractivity contribution in [3.8, 4) is 11.1 Å². The fraction of sp³-hybridized carbons (Fsp3) is 0.227. The van der Waals surface area contributed by atoms with Crippen LogP contribution in [0.3, 0.4) is 0 Å². The van der Waals surface area contributed by atoms with E-state index < -0.39 is 11.7 Å². The lowest BCUT2D eigenvalue weighted by atomic mass is 9.96. The van der Waals surface area contributed by atoms with Gasteiger partial charge in [-0.2, -0.15) is 13.2 Å². The van der Waals surface area contributed by atoms with Gasteiger partial charge in [0.15, 0.2) is 0 Å². The van der Waals surface area contributed by atoms with Gasteiger partial charge in [0.05, 0.1) is 5.56 Å². The Morgan fingerprint density at radius 1 is 1.07 bits per heavy atom. The second-order valence-electron chi connectivity index (χ2n) is 6.77. The molecule has 0 radical (unpaired) electrons. The van der Waals surface area contributed by atoms with Crippen LogP contribution in [0.4, 0.5) is 13.2 Å². The summed E-state index contributed by atoms with van der Waals surface area (Å²) in [4.78, 5) is 12.4. The Morgan fingerprint density at radius 3 is 2.43 bits per heavy atom. The summed E-state index contributed by atoms with van der Waals surface area (Å²) in [5.74, 6) is -0.178. The maximum absolute atomic E-state index is 12.8. The number of fused-ring (bicyclic) bond motifs is 1. The first kappa shape index (κ1) is 19.9. The van der Waals surface area contributed by atoms with E-state index in [0.717, 1.165) is 28.5 Å². The van der Waals surface area contributed by atoms with Gasteiger partial charge in [0.2, 0.25) is 0 Å². The molecule has 0 bridgehead atoms. The first-order chi connectivity index (χ1) is 13.3. The Balaban J connectivity index is 1.93. The van der Waals surface area contributed by atoms with E-state index in [-0.39, 0.29) is 11.9 Å². The zero-order chi connectivity index (χ0) is 20.3. The molecule has 0 fully saturated rings. The molecule has 3 aromatic rings. The van der Waals surface area contributed by atoms with Crippen molar-refractivity contribution >= 4 is 16.7 Å². The fourth-order valence-electron chi connectivity index (χ4n) is 3.14. The molecule has 0 heterocycles. The standard InChI is InChI=1S/C22H21F3N2O/c1-14(11-12-26)27-21(28)17-7-10-20-16(13-17)3-2-4-19(20)15-5-8-18(9-6-15)22(23,24)25/h2-10,13-14H,11-12,26H2,1H3,(H,27,28)/t14-/m1/s1. The maximum Gasteiger partial charge on any atom is 0.416 e. The molecule has 0 aromatic heterocycles. The van der Waals surface area contributed by atoms with Gasteiger partial charge in [0, 0.05) is 11.6 Å². The molecule has 0 aliphatic carbocycles. The third kappa shape index (κ3) is 4.34. The Bertz CT molecular complexity index is 981. The summed E-state index contributed by atoms with van der Waals surface area (Å²) in [6, 6.07) is 16.0. The van der Waals surface area contributed by atoms with Gasteiger partial charge in [-0.15, -0.1) is 0 Å². The Kier molecular flexibility index (Phi) is 5.70. The van der Waals surface area contributed by atoms with E-state index >= 15 is 0 Å². The predicted molar refractivity (Wildman–Crippen MR) is 105 cm³/mol. The number of rotatable bonds is 5. The highest BCUT2D eigenvalue weighted by Gasteiger charge is 2.30. The van der Waals surface area contributed by atoms with Crippen LogP contribution in [0.2, 0.25) is 0 Å². The summed E-state index contributed by atoms with van der Waals surface area (Å²) in [5, 5.41) is 4.62. The lowest BCUT2D eigenvalue weighted by molar-refractivity contribution is -0.137. The molecule has 1 amide bonds. The van der Waals surface area contributed by atoms with E-state index in [9.17, 15) is 18.0 Å². The summed E-state index contributed by atoms with van der Waals surface area (Å²) >= 11 is 0. The van der Waals surface area contributed by atoms with Crippen molar-refractivity contribution in [3.05, 3.63) is 71.8 Å². The van der Waals surface area contributed by atoms with Gasteiger partial charge < -0.3 is 11.1 Å².